The van der Waals surface area contributed by atoms with Crippen LogP contribution in [0.15, 0.2) is 40.9 Å². The summed E-state index contributed by atoms with van der Waals surface area (Å²) in [5, 5.41) is 0.811. The Kier molecular flexibility index (Phi) is 3.23. The SMILES string of the molecule is O=CC1=C(Cl)C2CN(Cc3ccccc3)CC2C1. The van der Waals surface area contributed by atoms with Crippen LogP contribution in [0.2, 0.25) is 0 Å². The van der Waals surface area contributed by atoms with Gasteiger partial charge in [-0.15, -0.1) is 0 Å². The third-order valence-electron chi connectivity index (χ3n) is 4.02. The highest BCUT2D eigenvalue weighted by atomic mass is 35.5. The van der Waals surface area contributed by atoms with Crippen LogP contribution in [-0.2, 0) is 11.3 Å². The van der Waals surface area contributed by atoms with E-state index in [1.807, 2.05) is 6.07 Å². The van der Waals surface area contributed by atoms with Gasteiger partial charge in [0.1, 0.15) is 6.29 Å². The van der Waals surface area contributed by atoms with Gasteiger partial charge in [-0.1, -0.05) is 41.9 Å². The van der Waals surface area contributed by atoms with Gasteiger partial charge in [0.25, 0.3) is 0 Å². The predicted molar refractivity (Wildman–Crippen MR) is 72.3 cm³/mol. The highest BCUT2D eigenvalue weighted by Gasteiger charge is 2.40. The average Bonchev–Trinajstić information content (AvgIpc) is 2.90. The molecule has 1 aromatic carbocycles. The van der Waals surface area contributed by atoms with Gasteiger partial charge < -0.3 is 0 Å². The molecular weight excluding hydrogens is 246 g/mol. The summed E-state index contributed by atoms with van der Waals surface area (Å²) < 4.78 is 0. The van der Waals surface area contributed by atoms with Crippen LogP contribution in [0.4, 0.5) is 0 Å². The van der Waals surface area contributed by atoms with Crippen LogP contribution in [0, 0.1) is 11.8 Å². The van der Waals surface area contributed by atoms with Gasteiger partial charge in [0.05, 0.1) is 0 Å². The molecular formula is C15H16ClNO. The maximum absolute atomic E-state index is 10.9. The van der Waals surface area contributed by atoms with E-state index >= 15 is 0 Å². The number of carbonyl (C=O) groups excluding carboxylic acids is 1. The molecule has 94 valence electrons. The third-order valence-corrected chi connectivity index (χ3v) is 4.55. The summed E-state index contributed by atoms with van der Waals surface area (Å²) in [5.41, 5.74) is 2.17. The van der Waals surface area contributed by atoms with Crippen LogP contribution in [-0.4, -0.2) is 24.3 Å². The lowest BCUT2D eigenvalue weighted by Crippen LogP contribution is -2.21. The molecule has 0 spiro atoms. The summed E-state index contributed by atoms with van der Waals surface area (Å²) >= 11 is 6.27. The average molecular weight is 262 g/mol. The summed E-state index contributed by atoms with van der Waals surface area (Å²) in [6.07, 6.45) is 1.79. The summed E-state index contributed by atoms with van der Waals surface area (Å²) in [7, 11) is 0. The summed E-state index contributed by atoms with van der Waals surface area (Å²) in [5.74, 6) is 0.928. The van der Waals surface area contributed by atoms with E-state index in [0.717, 1.165) is 42.9 Å². The second kappa shape index (κ2) is 4.87. The Morgan fingerprint density at radius 1 is 1.28 bits per heavy atom. The molecule has 0 amide bonds. The topological polar surface area (TPSA) is 20.3 Å². The van der Waals surface area contributed by atoms with Gasteiger partial charge in [0, 0.05) is 36.2 Å². The first-order valence-electron chi connectivity index (χ1n) is 6.38. The molecule has 0 bridgehead atoms. The predicted octanol–water partition coefficient (Wildman–Crippen LogP) is 2.83. The van der Waals surface area contributed by atoms with Crippen LogP contribution >= 0.6 is 11.6 Å². The molecule has 1 aromatic rings. The normalized spacial score (nSPS) is 27.6. The number of likely N-dealkylation sites (tertiary alicyclic amines) is 1. The second-order valence-corrected chi connectivity index (χ2v) is 5.65. The first-order chi connectivity index (χ1) is 8.78. The lowest BCUT2D eigenvalue weighted by molar-refractivity contribution is -0.105. The standard InChI is InChI=1S/C15H16ClNO/c16-15-13(10-18)6-12-8-17(9-14(12)15)7-11-4-2-1-3-5-11/h1-5,10,12,14H,6-9H2. The van der Waals surface area contributed by atoms with Gasteiger partial charge in [0.2, 0.25) is 0 Å². The number of benzene rings is 1. The molecule has 2 nitrogen and oxygen atoms in total. The summed E-state index contributed by atoms with van der Waals surface area (Å²) in [6.45, 7) is 3.01. The molecule has 0 N–H and O–H groups in total. The number of hydrogen-bond acceptors (Lipinski definition) is 2. The smallest absolute Gasteiger partial charge is 0.147 e. The molecule has 2 unspecified atom stereocenters. The van der Waals surface area contributed by atoms with Gasteiger partial charge in [-0.2, -0.15) is 0 Å². The number of fused-ring (bicyclic) bond motifs is 1. The van der Waals surface area contributed by atoms with Crippen molar-refractivity contribution in [1.82, 2.24) is 4.90 Å². The van der Waals surface area contributed by atoms with E-state index in [1.54, 1.807) is 0 Å². The molecule has 18 heavy (non-hydrogen) atoms. The van der Waals surface area contributed by atoms with Crippen LogP contribution < -0.4 is 0 Å². The van der Waals surface area contributed by atoms with Crippen molar-refractivity contribution in [2.24, 2.45) is 11.8 Å². The Labute approximate surface area is 112 Å². The maximum Gasteiger partial charge on any atom is 0.147 e. The molecule has 0 aromatic heterocycles. The lowest BCUT2D eigenvalue weighted by Gasteiger charge is -2.16. The zero-order valence-corrected chi connectivity index (χ0v) is 10.9. The van der Waals surface area contributed by atoms with E-state index in [-0.39, 0.29) is 0 Å². The number of hydrogen-bond donors (Lipinski definition) is 0. The molecule has 1 heterocycles. The maximum atomic E-state index is 10.9. The Hall–Kier alpha value is -1.12. The van der Waals surface area contributed by atoms with Gasteiger partial charge in [-0.05, 0) is 17.9 Å². The monoisotopic (exact) mass is 261 g/mol. The first-order valence-corrected chi connectivity index (χ1v) is 6.75. The van der Waals surface area contributed by atoms with Gasteiger partial charge in [-0.3, -0.25) is 9.69 Å². The second-order valence-electron chi connectivity index (χ2n) is 5.24. The Bertz CT molecular complexity index is 483. The molecule has 2 atom stereocenters. The number of allylic oxidation sites excluding steroid dienone is 1. The van der Waals surface area contributed by atoms with Crippen molar-refractivity contribution in [1.29, 1.82) is 0 Å². The molecule has 3 rings (SSSR count). The van der Waals surface area contributed by atoms with Crippen molar-refractivity contribution >= 4 is 17.9 Å². The molecule has 3 heteroatoms. The van der Waals surface area contributed by atoms with Crippen LogP contribution in [0.3, 0.4) is 0 Å². The molecule has 0 saturated carbocycles. The number of halogens is 1. The van der Waals surface area contributed by atoms with Gasteiger partial charge in [-0.25, -0.2) is 0 Å². The van der Waals surface area contributed by atoms with E-state index in [1.165, 1.54) is 5.56 Å². The van der Waals surface area contributed by atoms with E-state index in [4.69, 9.17) is 11.6 Å². The van der Waals surface area contributed by atoms with Gasteiger partial charge >= 0.3 is 0 Å². The summed E-state index contributed by atoms with van der Waals surface area (Å²) in [6, 6.07) is 10.5. The van der Waals surface area contributed by atoms with Crippen molar-refractivity contribution in [3.05, 3.63) is 46.5 Å². The Morgan fingerprint density at radius 3 is 2.72 bits per heavy atom. The van der Waals surface area contributed by atoms with Crippen molar-refractivity contribution in [2.75, 3.05) is 13.1 Å². The van der Waals surface area contributed by atoms with Crippen molar-refractivity contribution in [3.63, 3.8) is 0 Å². The third kappa shape index (κ3) is 2.11. The highest BCUT2D eigenvalue weighted by Crippen LogP contribution is 2.43. The lowest BCUT2D eigenvalue weighted by atomic mass is 10.00. The first kappa shape index (κ1) is 11.9. The number of nitrogens with zero attached hydrogens (tertiary/aromatic N) is 1. The number of carbonyl (C=O) groups is 1. The van der Waals surface area contributed by atoms with E-state index in [2.05, 4.69) is 29.2 Å². The van der Waals surface area contributed by atoms with E-state index in [0.29, 0.717) is 11.8 Å². The molecule has 1 aliphatic carbocycles. The van der Waals surface area contributed by atoms with Crippen LogP contribution in [0.5, 0.6) is 0 Å². The molecule has 1 aliphatic heterocycles. The molecule has 2 aliphatic rings. The fraction of sp³-hybridized carbons (Fsp3) is 0.400. The quantitative estimate of drug-likeness (QED) is 0.780. The fourth-order valence-electron chi connectivity index (χ4n) is 3.15. The molecule has 1 saturated heterocycles. The van der Waals surface area contributed by atoms with Crippen molar-refractivity contribution in [2.45, 2.75) is 13.0 Å². The minimum atomic E-state index is 0.385. The largest absolute Gasteiger partial charge is 0.298 e. The van der Waals surface area contributed by atoms with E-state index < -0.39 is 0 Å². The fourth-order valence-corrected chi connectivity index (χ4v) is 3.52. The Balaban J connectivity index is 1.67. The molecule has 1 fully saturated rings. The number of aldehydes is 1. The minimum absolute atomic E-state index is 0.385. The van der Waals surface area contributed by atoms with Crippen molar-refractivity contribution < 1.29 is 4.79 Å². The van der Waals surface area contributed by atoms with Crippen molar-refractivity contribution in [3.8, 4) is 0 Å². The van der Waals surface area contributed by atoms with E-state index in [9.17, 15) is 4.79 Å². The molecule has 0 radical (unpaired) electrons. The Morgan fingerprint density at radius 2 is 2.06 bits per heavy atom. The zero-order valence-electron chi connectivity index (χ0n) is 10.2. The zero-order chi connectivity index (χ0) is 12.5. The van der Waals surface area contributed by atoms with Gasteiger partial charge in [0.15, 0.2) is 0 Å². The van der Waals surface area contributed by atoms with Crippen LogP contribution in [0.1, 0.15) is 12.0 Å². The van der Waals surface area contributed by atoms with Crippen LogP contribution in [0.25, 0.3) is 0 Å². The number of rotatable bonds is 3. The summed E-state index contributed by atoms with van der Waals surface area (Å²) in [4.78, 5) is 13.3. The highest BCUT2D eigenvalue weighted by molar-refractivity contribution is 6.31. The minimum Gasteiger partial charge on any atom is -0.298 e.